The summed E-state index contributed by atoms with van der Waals surface area (Å²) in [5.41, 5.74) is 0. The Morgan fingerprint density at radius 1 is 0.750 bits per heavy atom. The molecule has 0 unspecified atom stereocenters. The van der Waals surface area contributed by atoms with Crippen LogP contribution in [0.15, 0.2) is 0 Å². The van der Waals surface area contributed by atoms with Crippen molar-refractivity contribution in [2.45, 2.75) is 0 Å². The quantitative estimate of drug-likeness (QED) is 0.423. The molecule has 0 aliphatic carbocycles. The van der Waals surface area contributed by atoms with Crippen molar-refractivity contribution in [1.82, 2.24) is 24.6 Å². The molecule has 0 saturated carbocycles. The molecule has 8 heavy (non-hydrogen) atoms. The van der Waals surface area contributed by atoms with Crippen LogP contribution >= 0.6 is 19.4 Å². The molecule has 0 spiro atoms. The molecule has 62 valence electrons. The van der Waals surface area contributed by atoms with Crippen molar-refractivity contribution in [3.63, 3.8) is 0 Å². The summed E-state index contributed by atoms with van der Waals surface area (Å²) in [6.07, 6.45) is 0. The van der Waals surface area contributed by atoms with Gasteiger partial charge in [0.05, 0.1) is 0 Å². The third kappa shape index (κ3) is 165. The van der Waals surface area contributed by atoms with Crippen LogP contribution < -0.4 is 37.0 Å². The molecule has 0 atom stereocenters. The van der Waals surface area contributed by atoms with E-state index < -0.39 is 0 Å². The fourth-order valence-electron chi connectivity index (χ4n) is 0. The molecule has 0 aromatic carbocycles. The van der Waals surface area contributed by atoms with E-state index in [2.05, 4.69) is 0 Å². The predicted octanol–water partition coefficient (Wildman–Crippen LogP) is -0.972. The average molecular weight is 277 g/mol. The van der Waals surface area contributed by atoms with Gasteiger partial charge in [0.2, 0.25) is 0 Å². The molecule has 0 saturated heterocycles. The van der Waals surface area contributed by atoms with Crippen LogP contribution in [0.2, 0.25) is 0 Å². The minimum absolute atomic E-state index is 0. The second-order valence-electron chi connectivity index (χ2n) is 0.0476. The molecule has 0 heterocycles. The van der Waals surface area contributed by atoms with Gasteiger partial charge in [0.25, 0.3) is 0 Å². The van der Waals surface area contributed by atoms with Gasteiger partial charge < -0.3 is 37.0 Å². The first-order valence-electron chi connectivity index (χ1n) is 0.252. The third-order valence-electron chi connectivity index (χ3n) is 0. The zero-order valence-electron chi connectivity index (χ0n) is 4.30. The summed E-state index contributed by atoms with van der Waals surface area (Å²) in [5, 5.41) is 0. The second kappa shape index (κ2) is 82.3. The van der Waals surface area contributed by atoms with Crippen LogP contribution in [0.1, 0.15) is 0 Å². The van der Waals surface area contributed by atoms with Crippen molar-refractivity contribution in [1.29, 1.82) is 0 Å². The van der Waals surface area contributed by atoms with Crippen molar-refractivity contribution in [3.8, 4) is 0 Å². The van der Waals surface area contributed by atoms with Crippen LogP contribution in [-0.4, -0.2) is 0 Å². The summed E-state index contributed by atoms with van der Waals surface area (Å²) in [5.74, 6) is 0. The number of hydrogen-bond acceptors (Lipinski definition) is 4. The zero-order valence-corrected chi connectivity index (χ0v) is 8.20. The SMILES string of the molecule is N.N.N.N.[Cl-].[Cl][Rh+][Cl]. The Balaban J connectivity index is -0.00000000200. The standard InChI is InChI=1S/3ClH.4H3N.Rh/h3*1H;4*1H3;/q;;;;;;;+3/p-3. The Morgan fingerprint density at radius 3 is 0.750 bits per heavy atom. The van der Waals surface area contributed by atoms with Gasteiger partial charge in [-0.25, -0.2) is 0 Å². The van der Waals surface area contributed by atoms with Gasteiger partial charge in [0.15, 0.2) is 0 Å². The molecular formula is H12Cl3N4Rh. The summed E-state index contributed by atoms with van der Waals surface area (Å²) in [7, 11) is 9.67. The molecule has 0 rings (SSSR count). The Bertz CT molecular complexity index is 11.2. The Hall–Kier alpha value is 1.33. The van der Waals surface area contributed by atoms with Crippen LogP contribution in [0.3, 0.4) is 0 Å². The maximum absolute atomic E-state index is 4.83. The van der Waals surface area contributed by atoms with E-state index in [-0.39, 0.29) is 52.2 Å². The van der Waals surface area contributed by atoms with Crippen LogP contribution in [0.25, 0.3) is 0 Å². The van der Waals surface area contributed by atoms with Crippen LogP contribution in [-0.2, 0) is 15.1 Å². The van der Waals surface area contributed by atoms with Gasteiger partial charge in [-0.05, 0) is 0 Å². The molecule has 0 aromatic heterocycles. The second-order valence-corrected chi connectivity index (χ2v) is 2.54. The van der Waals surface area contributed by atoms with E-state index in [1.54, 1.807) is 0 Å². The van der Waals surface area contributed by atoms with Crippen molar-refractivity contribution in [2.75, 3.05) is 0 Å². The topological polar surface area (TPSA) is 140 Å². The first kappa shape index (κ1) is 58.3. The van der Waals surface area contributed by atoms with Crippen LogP contribution in [0, 0.1) is 0 Å². The monoisotopic (exact) mass is 276 g/mol. The molecule has 12 N–H and O–H groups in total. The zero-order chi connectivity index (χ0) is 2.71. The Labute approximate surface area is 71.5 Å². The normalized spacial score (nSPS) is 2.75. The Morgan fingerprint density at radius 2 is 0.750 bits per heavy atom. The molecule has 0 fully saturated rings. The van der Waals surface area contributed by atoms with Crippen molar-refractivity contribution in [3.05, 3.63) is 0 Å². The molecule has 4 nitrogen and oxygen atoms in total. The number of rotatable bonds is 0. The number of hydrogen-bond donors (Lipinski definition) is 4. The van der Waals surface area contributed by atoms with Crippen molar-refractivity contribution >= 4 is 19.4 Å². The van der Waals surface area contributed by atoms with E-state index in [0.29, 0.717) is 0 Å². The molecular weight excluding hydrogens is 265 g/mol. The number of halogens is 3. The van der Waals surface area contributed by atoms with Gasteiger partial charge in [0, 0.05) is 0 Å². The van der Waals surface area contributed by atoms with E-state index in [9.17, 15) is 0 Å². The fourth-order valence-corrected chi connectivity index (χ4v) is 0. The van der Waals surface area contributed by atoms with Crippen molar-refractivity contribution < 1.29 is 27.6 Å². The van der Waals surface area contributed by atoms with Gasteiger partial charge in [-0.2, -0.15) is 0 Å². The fraction of sp³-hybridized carbons (Fsp3) is 0. The third-order valence-corrected chi connectivity index (χ3v) is 0. The summed E-state index contributed by atoms with van der Waals surface area (Å²) in [6, 6.07) is 0. The minimum atomic E-state index is -0.226. The summed E-state index contributed by atoms with van der Waals surface area (Å²) >= 11 is -0.226. The molecule has 8 heteroatoms. The van der Waals surface area contributed by atoms with Gasteiger partial charge >= 0.3 is 34.5 Å². The average Bonchev–Trinajstić information content (AvgIpc) is 0.918. The summed E-state index contributed by atoms with van der Waals surface area (Å²) in [6.45, 7) is 0. The van der Waals surface area contributed by atoms with E-state index in [1.807, 2.05) is 0 Å². The van der Waals surface area contributed by atoms with E-state index in [4.69, 9.17) is 19.4 Å². The van der Waals surface area contributed by atoms with Gasteiger partial charge in [-0.3, -0.25) is 0 Å². The van der Waals surface area contributed by atoms with E-state index in [0.717, 1.165) is 0 Å². The van der Waals surface area contributed by atoms with E-state index in [1.165, 1.54) is 0 Å². The first-order chi connectivity index (χ1) is 1.41. The molecule has 0 aliphatic rings. The predicted molar refractivity (Wildman–Crippen MR) is 31.8 cm³/mol. The van der Waals surface area contributed by atoms with Gasteiger partial charge in [0.1, 0.15) is 0 Å². The molecule has 0 amide bonds. The van der Waals surface area contributed by atoms with Crippen LogP contribution in [0.4, 0.5) is 0 Å². The van der Waals surface area contributed by atoms with Gasteiger partial charge in [-0.1, -0.05) is 0 Å². The first-order valence-corrected chi connectivity index (χ1v) is 4.47. The molecule has 0 radical (unpaired) electrons. The van der Waals surface area contributed by atoms with E-state index >= 15 is 0 Å². The molecule has 0 aliphatic heterocycles. The van der Waals surface area contributed by atoms with Crippen molar-refractivity contribution in [2.24, 2.45) is 0 Å². The maximum atomic E-state index is 4.83. The summed E-state index contributed by atoms with van der Waals surface area (Å²) in [4.78, 5) is 0. The van der Waals surface area contributed by atoms with Crippen LogP contribution in [0.5, 0.6) is 0 Å². The molecule has 0 bridgehead atoms. The Kier molecular flexibility index (Phi) is 600. The van der Waals surface area contributed by atoms with Gasteiger partial charge in [-0.15, -0.1) is 0 Å². The molecule has 0 aromatic rings. The summed E-state index contributed by atoms with van der Waals surface area (Å²) < 4.78 is 0.